The number of aromatic amines is 1. The van der Waals surface area contributed by atoms with Crippen LogP contribution in [-0.2, 0) is 17.8 Å². The molecule has 4 rings (SSSR count). The van der Waals surface area contributed by atoms with E-state index in [0.717, 1.165) is 42.0 Å². The highest BCUT2D eigenvalue weighted by atomic mass is 32.1. The van der Waals surface area contributed by atoms with E-state index < -0.39 is 12.1 Å². The number of aliphatic carboxylic acids is 1. The van der Waals surface area contributed by atoms with Crippen molar-refractivity contribution >= 4 is 28.3 Å². The summed E-state index contributed by atoms with van der Waals surface area (Å²) >= 11 is 1.81. The molecular formula is C22H20F3N3O3S. The fraction of sp³-hybridized carbons (Fsp3) is 0.182. The molecule has 0 aliphatic carbocycles. The van der Waals surface area contributed by atoms with Crippen molar-refractivity contribution in [3.8, 4) is 11.5 Å². The van der Waals surface area contributed by atoms with Crippen molar-refractivity contribution in [1.29, 1.82) is 0 Å². The van der Waals surface area contributed by atoms with Crippen molar-refractivity contribution < 1.29 is 27.8 Å². The highest BCUT2D eigenvalue weighted by Gasteiger charge is 2.38. The first-order valence-corrected chi connectivity index (χ1v) is 10.4. The lowest BCUT2D eigenvalue weighted by Crippen LogP contribution is -2.21. The number of ether oxygens (including phenoxy) is 1. The second-order valence-electron chi connectivity index (χ2n) is 6.64. The summed E-state index contributed by atoms with van der Waals surface area (Å²) in [6.07, 6.45) is -2.32. The molecule has 4 aromatic rings. The molecule has 0 unspecified atom stereocenters. The van der Waals surface area contributed by atoms with Crippen LogP contribution in [0.3, 0.4) is 0 Å². The molecule has 2 heterocycles. The molecule has 3 N–H and O–H groups in total. The number of nitrogens with one attached hydrogen (secondary N) is 2. The molecule has 0 fully saturated rings. The number of nitrogens with zero attached hydrogens (tertiary/aromatic N) is 1. The van der Waals surface area contributed by atoms with Crippen LogP contribution >= 0.6 is 11.3 Å². The minimum atomic E-state index is -5.08. The molecule has 0 bridgehead atoms. The lowest BCUT2D eigenvalue weighted by atomic mass is 10.2. The second kappa shape index (κ2) is 10.8. The van der Waals surface area contributed by atoms with Crippen molar-refractivity contribution in [3.63, 3.8) is 0 Å². The van der Waals surface area contributed by atoms with Crippen LogP contribution in [0.25, 0.3) is 11.0 Å². The summed E-state index contributed by atoms with van der Waals surface area (Å²) in [7, 11) is 0. The third-order valence-corrected chi connectivity index (χ3v) is 5.19. The second-order valence-corrected chi connectivity index (χ2v) is 7.67. The zero-order chi connectivity index (χ0) is 23.0. The molecule has 10 heteroatoms. The molecule has 0 atom stereocenters. The number of rotatable bonds is 7. The van der Waals surface area contributed by atoms with Crippen LogP contribution in [0.15, 0.2) is 66.3 Å². The molecule has 0 spiro atoms. The van der Waals surface area contributed by atoms with Crippen molar-refractivity contribution in [2.75, 3.05) is 6.54 Å². The SMILES string of the molecule is O=C(O)C(F)(F)F.c1csc(CCNCc2ccc(Oc3ccc4nc[nH]c4c3)cc2)c1. The largest absolute Gasteiger partial charge is 0.490 e. The van der Waals surface area contributed by atoms with Crippen LogP contribution in [0.1, 0.15) is 10.4 Å². The summed E-state index contributed by atoms with van der Waals surface area (Å²) in [5, 5.41) is 12.7. The van der Waals surface area contributed by atoms with Crippen LogP contribution < -0.4 is 10.1 Å². The number of alkyl halides is 3. The number of hydrogen-bond acceptors (Lipinski definition) is 5. The molecule has 168 valence electrons. The minimum Gasteiger partial charge on any atom is -0.475 e. The Balaban J connectivity index is 0.000000360. The number of benzene rings is 2. The molecule has 2 aromatic heterocycles. The smallest absolute Gasteiger partial charge is 0.475 e. The Labute approximate surface area is 185 Å². The Hall–Kier alpha value is -3.37. The predicted molar refractivity (Wildman–Crippen MR) is 116 cm³/mol. The summed E-state index contributed by atoms with van der Waals surface area (Å²) in [5.41, 5.74) is 3.17. The van der Waals surface area contributed by atoms with E-state index in [2.05, 4.69) is 44.9 Å². The van der Waals surface area contributed by atoms with Gasteiger partial charge in [-0.1, -0.05) is 18.2 Å². The van der Waals surface area contributed by atoms with Crippen molar-refractivity contribution in [1.82, 2.24) is 15.3 Å². The van der Waals surface area contributed by atoms with E-state index in [0.29, 0.717) is 0 Å². The summed E-state index contributed by atoms with van der Waals surface area (Å²) < 4.78 is 37.7. The lowest BCUT2D eigenvalue weighted by Gasteiger charge is -2.08. The van der Waals surface area contributed by atoms with Gasteiger partial charge in [0.15, 0.2) is 0 Å². The van der Waals surface area contributed by atoms with Gasteiger partial charge in [0.1, 0.15) is 11.5 Å². The molecule has 6 nitrogen and oxygen atoms in total. The number of carboxylic acid groups (broad SMARTS) is 1. The zero-order valence-corrected chi connectivity index (χ0v) is 17.5. The Morgan fingerprint density at radius 1 is 1.12 bits per heavy atom. The van der Waals surface area contributed by atoms with Crippen LogP contribution in [-0.4, -0.2) is 33.8 Å². The molecule has 0 aliphatic rings. The van der Waals surface area contributed by atoms with Gasteiger partial charge in [0.2, 0.25) is 0 Å². The topological polar surface area (TPSA) is 87.2 Å². The Bertz CT molecular complexity index is 1130. The molecule has 0 amide bonds. The number of H-pyrrole nitrogens is 1. The average Bonchev–Trinajstić information content (AvgIpc) is 3.44. The maximum absolute atomic E-state index is 10.6. The van der Waals surface area contributed by atoms with E-state index >= 15 is 0 Å². The van der Waals surface area contributed by atoms with Gasteiger partial charge in [-0.25, -0.2) is 9.78 Å². The van der Waals surface area contributed by atoms with Crippen LogP contribution in [0.2, 0.25) is 0 Å². The fourth-order valence-electron chi connectivity index (χ4n) is 2.69. The average molecular weight is 463 g/mol. The van der Waals surface area contributed by atoms with Gasteiger partial charge >= 0.3 is 12.1 Å². The van der Waals surface area contributed by atoms with Gasteiger partial charge < -0.3 is 20.1 Å². The van der Waals surface area contributed by atoms with E-state index in [1.807, 2.05) is 41.7 Å². The van der Waals surface area contributed by atoms with Crippen LogP contribution in [0, 0.1) is 0 Å². The number of halogens is 3. The van der Waals surface area contributed by atoms with E-state index in [4.69, 9.17) is 14.6 Å². The third kappa shape index (κ3) is 7.10. The van der Waals surface area contributed by atoms with Gasteiger partial charge in [-0.2, -0.15) is 13.2 Å². The molecule has 32 heavy (non-hydrogen) atoms. The minimum absolute atomic E-state index is 0.804. The fourth-order valence-corrected chi connectivity index (χ4v) is 3.40. The van der Waals surface area contributed by atoms with Gasteiger partial charge in [0.25, 0.3) is 0 Å². The number of hydrogen-bond donors (Lipinski definition) is 3. The van der Waals surface area contributed by atoms with Gasteiger partial charge in [-0.05, 0) is 47.7 Å². The van der Waals surface area contributed by atoms with Crippen LogP contribution in [0.4, 0.5) is 13.2 Å². The number of aromatic nitrogens is 2. The van der Waals surface area contributed by atoms with Gasteiger partial charge in [-0.15, -0.1) is 11.3 Å². The number of carbonyl (C=O) groups is 1. The molecule has 0 saturated carbocycles. The summed E-state index contributed by atoms with van der Waals surface area (Å²) in [6.45, 7) is 1.86. The number of imidazole rings is 1. The van der Waals surface area contributed by atoms with E-state index in [1.165, 1.54) is 10.4 Å². The van der Waals surface area contributed by atoms with E-state index in [-0.39, 0.29) is 0 Å². The van der Waals surface area contributed by atoms with Gasteiger partial charge in [0.05, 0.1) is 17.4 Å². The molecule has 2 aromatic carbocycles. The summed E-state index contributed by atoms with van der Waals surface area (Å²) in [5.74, 6) is -1.12. The monoisotopic (exact) mass is 463 g/mol. The van der Waals surface area contributed by atoms with Gasteiger partial charge in [0, 0.05) is 24.0 Å². The Kier molecular flexibility index (Phi) is 7.85. The zero-order valence-electron chi connectivity index (χ0n) is 16.7. The van der Waals surface area contributed by atoms with Crippen LogP contribution in [0.5, 0.6) is 11.5 Å². The van der Waals surface area contributed by atoms with Crippen molar-refractivity contribution in [2.24, 2.45) is 0 Å². The molecular weight excluding hydrogens is 443 g/mol. The summed E-state index contributed by atoms with van der Waals surface area (Å²) in [6, 6.07) is 18.3. The van der Waals surface area contributed by atoms with Crippen molar-refractivity contribution in [2.45, 2.75) is 19.1 Å². The predicted octanol–water partition coefficient (Wildman–Crippen LogP) is 5.38. The highest BCUT2D eigenvalue weighted by Crippen LogP contribution is 2.24. The first kappa shape index (κ1) is 23.3. The first-order valence-electron chi connectivity index (χ1n) is 9.54. The molecule has 0 saturated heterocycles. The summed E-state index contributed by atoms with van der Waals surface area (Å²) in [4.78, 5) is 17.6. The third-order valence-electron chi connectivity index (χ3n) is 4.25. The quantitative estimate of drug-likeness (QED) is 0.320. The lowest BCUT2D eigenvalue weighted by molar-refractivity contribution is -0.192. The maximum Gasteiger partial charge on any atom is 0.490 e. The number of thiophene rings is 1. The number of carboxylic acids is 1. The van der Waals surface area contributed by atoms with Gasteiger partial charge in [-0.3, -0.25) is 0 Å². The highest BCUT2D eigenvalue weighted by molar-refractivity contribution is 7.09. The normalized spacial score (nSPS) is 11.1. The van der Waals surface area contributed by atoms with E-state index in [1.54, 1.807) is 6.33 Å². The Morgan fingerprint density at radius 3 is 2.50 bits per heavy atom. The first-order chi connectivity index (χ1) is 15.3. The van der Waals surface area contributed by atoms with Crippen molar-refractivity contribution in [3.05, 3.63) is 76.7 Å². The maximum atomic E-state index is 10.6. The standard InChI is InChI=1S/C20H19N3OS.C2HF3O2/c1-2-18(25-11-1)9-10-21-13-15-3-5-16(6-4-15)24-17-7-8-19-20(12-17)23-14-22-19;3-2(4,5)1(6)7/h1-8,11-12,14,21H,9-10,13H2,(H,22,23);(H,6,7). The molecule has 0 aliphatic heterocycles. The number of fused-ring (bicyclic) bond motifs is 1. The Morgan fingerprint density at radius 2 is 1.84 bits per heavy atom. The molecule has 0 radical (unpaired) electrons. The van der Waals surface area contributed by atoms with E-state index in [9.17, 15) is 13.2 Å².